The summed E-state index contributed by atoms with van der Waals surface area (Å²) in [6.07, 6.45) is 5.79. The fraction of sp³-hybridized carbons (Fsp3) is 0.174. The van der Waals surface area contributed by atoms with E-state index in [1.807, 2.05) is 0 Å². The van der Waals surface area contributed by atoms with Crippen molar-refractivity contribution in [1.82, 2.24) is 14.6 Å². The third-order valence-electron chi connectivity index (χ3n) is 5.45. The molecule has 0 saturated heterocycles. The van der Waals surface area contributed by atoms with Crippen molar-refractivity contribution < 1.29 is 18.0 Å². The second-order valence-corrected chi connectivity index (χ2v) is 7.70. The highest BCUT2D eigenvalue weighted by molar-refractivity contribution is 6.09. The average Bonchev–Trinajstić information content (AvgIpc) is 3.50. The number of hydrogen-bond acceptors (Lipinski definition) is 3. The largest absolute Gasteiger partial charge is 0.322 e. The average molecular weight is 422 g/mol. The molecule has 5 rings (SSSR count). The molecule has 8 heteroatoms. The molecule has 1 aliphatic rings. The first-order valence-corrected chi connectivity index (χ1v) is 9.81. The zero-order valence-corrected chi connectivity index (χ0v) is 16.5. The number of aromatic nitrogens is 3. The van der Waals surface area contributed by atoms with Crippen molar-refractivity contribution >= 4 is 17.1 Å². The number of hydrogen-bond donors (Lipinski definition) is 1. The molecule has 1 saturated carbocycles. The smallest absolute Gasteiger partial charge is 0.259 e. The predicted octanol–water partition coefficient (Wildman–Crippen LogP) is 5.25. The Morgan fingerprint density at radius 2 is 1.84 bits per heavy atom. The zero-order valence-electron chi connectivity index (χ0n) is 16.5. The second kappa shape index (κ2) is 7.23. The summed E-state index contributed by atoms with van der Waals surface area (Å²) in [4.78, 5) is 17.1. The highest BCUT2D eigenvalue weighted by Gasteiger charge is 2.26. The Kier molecular flexibility index (Phi) is 4.50. The number of nitrogens with one attached hydrogen (secondary N) is 1. The molecule has 0 spiro atoms. The third kappa shape index (κ3) is 3.54. The minimum Gasteiger partial charge on any atom is -0.322 e. The minimum absolute atomic E-state index is 0.00943. The summed E-state index contributed by atoms with van der Waals surface area (Å²) in [6, 6.07) is 6.66. The van der Waals surface area contributed by atoms with Gasteiger partial charge in [0.25, 0.3) is 5.91 Å². The maximum atomic E-state index is 14.7. The van der Waals surface area contributed by atoms with E-state index in [1.165, 1.54) is 47.2 Å². The molecule has 1 aliphatic carbocycles. The first-order chi connectivity index (χ1) is 14.9. The molecular weight excluding hydrogens is 405 g/mol. The zero-order chi connectivity index (χ0) is 21.7. The minimum atomic E-state index is -0.609. The number of carbonyl (C=O) groups excluding carboxylic acids is 1. The fourth-order valence-corrected chi connectivity index (χ4v) is 3.58. The lowest BCUT2D eigenvalue weighted by Crippen LogP contribution is -2.13. The molecule has 3 heterocycles. The Balaban J connectivity index is 1.49. The second-order valence-electron chi connectivity index (χ2n) is 7.70. The van der Waals surface area contributed by atoms with Crippen LogP contribution in [-0.2, 0) is 0 Å². The molecule has 0 radical (unpaired) electrons. The van der Waals surface area contributed by atoms with Gasteiger partial charge < -0.3 is 5.32 Å². The van der Waals surface area contributed by atoms with Crippen molar-refractivity contribution in [1.29, 1.82) is 0 Å². The first kappa shape index (κ1) is 19.3. The van der Waals surface area contributed by atoms with Gasteiger partial charge in [0.2, 0.25) is 0 Å². The Morgan fingerprint density at radius 1 is 1.06 bits per heavy atom. The molecule has 0 bridgehead atoms. The van der Waals surface area contributed by atoms with Gasteiger partial charge in [0, 0.05) is 34.6 Å². The Labute approximate surface area is 175 Å². The Bertz CT molecular complexity index is 1340. The topological polar surface area (TPSA) is 59.3 Å². The van der Waals surface area contributed by atoms with Crippen LogP contribution in [0.2, 0.25) is 0 Å². The van der Waals surface area contributed by atoms with E-state index in [2.05, 4.69) is 15.4 Å². The van der Waals surface area contributed by atoms with Crippen molar-refractivity contribution in [2.75, 3.05) is 5.32 Å². The van der Waals surface area contributed by atoms with Gasteiger partial charge in [-0.15, -0.1) is 0 Å². The number of nitrogens with zero attached hydrogens (tertiary/aromatic N) is 3. The van der Waals surface area contributed by atoms with Crippen molar-refractivity contribution in [3.63, 3.8) is 0 Å². The summed E-state index contributed by atoms with van der Waals surface area (Å²) in [6.45, 7) is 1.64. The van der Waals surface area contributed by atoms with E-state index in [4.69, 9.17) is 0 Å². The number of amides is 1. The third-order valence-corrected chi connectivity index (χ3v) is 5.45. The molecule has 31 heavy (non-hydrogen) atoms. The molecule has 1 N–H and O–H groups in total. The van der Waals surface area contributed by atoms with E-state index >= 15 is 0 Å². The number of aryl methyl sites for hydroxylation is 1. The van der Waals surface area contributed by atoms with Gasteiger partial charge in [0.05, 0.1) is 23.5 Å². The predicted molar refractivity (Wildman–Crippen MR) is 109 cm³/mol. The number of fused-ring (bicyclic) bond motifs is 1. The molecule has 0 atom stereocenters. The fourth-order valence-electron chi connectivity index (χ4n) is 3.58. The lowest BCUT2D eigenvalue weighted by atomic mass is 10.0. The molecule has 0 unspecified atom stereocenters. The molecule has 1 fully saturated rings. The highest BCUT2D eigenvalue weighted by atomic mass is 19.1. The molecule has 0 aliphatic heterocycles. The standard InChI is InChI=1S/C23H17F3N4O/c1-12-6-18(25)15(16-9-27-21(8-19(16)26)13-2-3-13)7-20(12)29-23(31)17-10-28-30-11-14(24)4-5-22(17)30/h4-11,13H,2-3H2,1H3,(H,29,31). The number of pyridine rings is 2. The van der Waals surface area contributed by atoms with Crippen LogP contribution < -0.4 is 5.32 Å². The van der Waals surface area contributed by atoms with Gasteiger partial charge >= 0.3 is 0 Å². The number of carbonyl (C=O) groups is 1. The molecule has 156 valence electrons. The van der Waals surface area contributed by atoms with Crippen LogP contribution in [0.4, 0.5) is 18.9 Å². The first-order valence-electron chi connectivity index (χ1n) is 9.81. The quantitative estimate of drug-likeness (QED) is 0.489. The number of rotatable bonds is 4. The number of anilines is 1. The van der Waals surface area contributed by atoms with E-state index in [0.717, 1.165) is 19.0 Å². The van der Waals surface area contributed by atoms with Crippen LogP contribution in [0, 0.1) is 24.4 Å². The van der Waals surface area contributed by atoms with Gasteiger partial charge in [-0.25, -0.2) is 17.7 Å². The van der Waals surface area contributed by atoms with Gasteiger partial charge in [0.15, 0.2) is 0 Å². The summed E-state index contributed by atoms with van der Waals surface area (Å²) in [5.74, 6) is -1.86. The molecule has 4 aromatic rings. The maximum Gasteiger partial charge on any atom is 0.259 e. The Hall–Kier alpha value is -3.68. The van der Waals surface area contributed by atoms with Crippen LogP contribution in [0.1, 0.15) is 40.4 Å². The summed E-state index contributed by atoms with van der Waals surface area (Å²) >= 11 is 0. The van der Waals surface area contributed by atoms with Crippen molar-refractivity contribution in [2.45, 2.75) is 25.7 Å². The Morgan fingerprint density at radius 3 is 2.58 bits per heavy atom. The van der Waals surface area contributed by atoms with Gasteiger partial charge in [-0.2, -0.15) is 5.10 Å². The van der Waals surface area contributed by atoms with E-state index in [-0.39, 0.29) is 22.6 Å². The van der Waals surface area contributed by atoms with Gasteiger partial charge in [0.1, 0.15) is 17.5 Å². The maximum absolute atomic E-state index is 14.7. The highest BCUT2D eigenvalue weighted by Crippen LogP contribution is 2.40. The molecule has 1 amide bonds. The van der Waals surface area contributed by atoms with Crippen LogP contribution >= 0.6 is 0 Å². The van der Waals surface area contributed by atoms with E-state index in [0.29, 0.717) is 22.5 Å². The van der Waals surface area contributed by atoms with Crippen LogP contribution in [0.15, 0.2) is 48.9 Å². The van der Waals surface area contributed by atoms with E-state index in [1.54, 1.807) is 6.92 Å². The van der Waals surface area contributed by atoms with Gasteiger partial charge in [-0.05, 0) is 55.7 Å². The molecule has 1 aromatic carbocycles. The number of halogens is 3. The SMILES string of the molecule is Cc1cc(F)c(-c2cnc(C3CC3)cc2F)cc1NC(=O)c1cnn2cc(F)ccc12. The van der Waals surface area contributed by atoms with Crippen molar-refractivity contribution in [2.24, 2.45) is 0 Å². The van der Waals surface area contributed by atoms with E-state index < -0.39 is 23.4 Å². The summed E-state index contributed by atoms with van der Waals surface area (Å²) in [5.41, 5.74) is 2.16. The normalized spacial score (nSPS) is 13.5. The van der Waals surface area contributed by atoms with Gasteiger partial charge in [-0.1, -0.05) is 0 Å². The number of benzene rings is 1. The summed E-state index contributed by atoms with van der Waals surface area (Å²) in [5, 5.41) is 6.70. The summed E-state index contributed by atoms with van der Waals surface area (Å²) < 4.78 is 44.0. The van der Waals surface area contributed by atoms with Crippen LogP contribution in [0.3, 0.4) is 0 Å². The molecular formula is C23H17F3N4O. The van der Waals surface area contributed by atoms with Crippen LogP contribution in [0.25, 0.3) is 16.6 Å². The van der Waals surface area contributed by atoms with Crippen LogP contribution in [0.5, 0.6) is 0 Å². The van der Waals surface area contributed by atoms with Crippen LogP contribution in [-0.4, -0.2) is 20.5 Å². The van der Waals surface area contributed by atoms with E-state index in [9.17, 15) is 18.0 Å². The van der Waals surface area contributed by atoms with Gasteiger partial charge in [-0.3, -0.25) is 9.78 Å². The lowest BCUT2D eigenvalue weighted by Gasteiger charge is -2.13. The monoisotopic (exact) mass is 422 g/mol. The van der Waals surface area contributed by atoms with Crippen molar-refractivity contribution in [3.05, 3.63) is 83.2 Å². The van der Waals surface area contributed by atoms with Crippen molar-refractivity contribution in [3.8, 4) is 11.1 Å². The molecule has 3 aromatic heterocycles. The summed E-state index contributed by atoms with van der Waals surface area (Å²) in [7, 11) is 0. The molecule has 5 nitrogen and oxygen atoms in total. The lowest BCUT2D eigenvalue weighted by molar-refractivity contribution is 0.102.